The summed E-state index contributed by atoms with van der Waals surface area (Å²) in [7, 11) is 0. The van der Waals surface area contributed by atoms with Gasteiger partial charge in [-0.2, -0.15) is 8.78 Å². The molecular formula is C16H23F2NO2. The fraction of sp³-hybridized carbons (Fsp3) is 0.625. The topological polar surface area (TPSA) is 30.5 Å². The third-order valence-corrected chi connectivity index (χ3v) is 3.74. The molecule has 5 heteroatoms. The highest BCUT2D eigenvalue weighted by atomic mass is 19.3. The summed E-state index contributed by atoms with van der Waals surface area (Å²) in [6.45, 7) is 4.16. The van der Waals surface area contributed by atoms with Crippen LogP contribution in [0.25, 0.3) is 0 Å². The molecule has 1 saturated heterocycles. The zero-order valence-electron chi connectivity index (χ0n) is 12.6. The van der Waals surface area contributed by atoms with E-state index in [4.69, 9.17) is 4.74 Å². The van der Waals surface area contributed by atoms with Crippen LogP contribution in [0.4, 0.5) is 8.78 Å². The van der Waals surface area contributed by atoms with Crippen LogP contribution in [-0.4, -0.2) is 26.4 Å². The lowest BCUT2D eigenvalue weighted by Gasteiger charge is -2.22. The van der Waals surface area contributed by atoms with Crippen molar-refractivity contribution in [3.05, 3.63) is 28.8 Å². The number of halogens is 2. The summed E-state index contributed by atoms with van der Waals surface area (Å²) in [4.78, 5) is 0. The van der Waals surface area contributed by atoms with Crippen molar-refractivity contribution < 1.29 is 18.3 Å². The fourth-order valence-corrected chi connectivity index (χ4v) is 2.81. The van der Waals surface area contributed by atoms with Gasteiger partial charge in [-0.05, 0) is 49.3 Å². The molecule has 0 amide bonds. The molecule has 0 bridgehead atoms. The van der Waals surface area contributed by atoms with E-state index in [0.29, 0.717) is 5.92 Å². The summed E-state index contributed by atoms with van der Waals surface area (Å²) in [5.74, 6) is 0.858. The van der Waals surface area contributed by atoms with Crippen molar-refractivity contribution in [3.63, 3.8) is 0 Å². The second-order valence-electron chi connectivity index (χ2n) is 5.65. The Morgan fingerprint density at radius 3 is 2.62 bits per heavy atom. The zero-order chi connectivity index (χ0) is 15.2. The maximum Gasteiger partial charge on any atom is 0.387 e. The first kappa shape index (κ1) is 16.2. The highest BCUT2D eigenvalue weighted by Crippen LogP contribution is 2.26. The zero-order valence-corrected chi connectivity index (χ0v) is 12.6. The molecule has 3 nitrogen and oxygen atoms in total. The Hall–Kier alpha value is -1.20. The molecule has 1 aromatic carbocycles. The van der Waals surface area contributed by atoms with Gasteiger partial charge in [0, 0.05) is 19.7 Å². The van der Waals surface area contributed by atoms with Gasteiger partial charge in [-0.15, -0.1) is 0 Å². The van der Waals surface area contributed by atoms with Crippen molar-refractivity contribution in [3.8, 4) is 5.75 Å². The standard InChI is InChI=1S/C16H23F2NO2/c1-11-6-14(7-12(2)15(11)21-16(17)18)9-19-8-13-4-3-5-20-10-13/h6-7,13,16,19H,3-5,8-10H2,1-2H3. The number of hydrogen-bond donors (Lipinski definition) is 1. The molecule has 0 aromatic heterocycles. The van der Waals surface area contributed by atoms with Crippen LogP contribution in [0.1, 0.15) is 29.5 Å². The lowest BCUT2D eigenvalue weighted by atomic mass is 10.0. The Bertz CT molecular complexity index is 437. The van der Waals surface area contributed by atoms with E-state index in [1.54, 1.807) is 13.8 Å². The molecule has 1 fully saturated rings. The largest absolute Gasteiger partial charge is 0.434 e. The van der Waals surface area contributed by atoms with Crippen molar-refractivity contribution in [2.75, 3.05) is 19.8 Å². The lowest BCUT2D eigenvalue weighted by Crippen LogP contribution is -2.28. The lowest BCUT2D eigenvalue weighted by molar-refractivity contribution is -0.0507. The van der Waals surface area contributed by atoms with Gasteiger partial charge in [-0.1, -0.05) is 12.1 Å². The maximum absolute atomic E-state index is 12.3. The number of benzene rings is 1. The van der Waals surface area contributed by atoms with E-state index in [-0.39, 0.29) is 5.75 Å². The molecule has 1 unspecified atom stereocenters. The van der Waals surface area contributed by atoms with E-state index in [1.807, 2.05) is 12.1 Å². The molecule has 1 aliphatic heterocycles. The number of rotatable bonds is 6. The van der Waals surface area contributed by atoms with E-state index in [0.717, 1.165) is 49.4 Å². The Morgan fingerprint density at radius 1 is 1.33 bits per heavy atom. The van der Waals surface area contributed by atoms with Crippen LogP contribution < -0.4 is 10.1 Å². The van der Waals surface area contributed by atoms with E-state index in [1.165, 1.54) is 6.42 Å². The summed E-state index contributed by atoms with van der Waals surface area (Å²) in [6.07, 6.45) is 2.33. The number of hydrogen-bond acceptors (Lipinski definition) is 3. The van der Waals surface area contributed by atoms with E-state index < -0.39 is 6.61 Å². The molecular weight excluding hydrogens is 276 g/mol. The average molecular weight is 299 g/mol. The molecule has 0 radical (unpaired) electrons. The van der Waals surface area contributed by atoms with Gasteiger partial charge in [0.2, 0.25) is 0 Å². The third kappa shape index (κ3) is 4.93. The van der Waals surface area contributed by atoms with Crippen LogP contribution in [0.5, 0.6) is 5.75 Å². The van der Waals surface area contributed by atoms with Crippen molar-refractivity contribution in [1.29, 1.82) is 0 Å². The first-order valence-corrected chi connectivity index (χ1v) is 7.39. The monoisotopic (exact) mass is 299 g/mol. The van der Waals surface area contributed by atoms with E-state index in [9.17, 15) is 8.78 Å². The molecule has 0 spiro atoms. The molecule has 1 N–H and O–H groups in total. The number of nitrogens with one attached hydrogen (secondary N) is 1. The summed E-state index contributed by atoms with van der Waals surface area (Å²) in [5, 5.41) is 3.42. The quantitative estimate of drug-likeness (QED) is 0.873. The van der Waals surface area contributed by atoms with E-state index >= 15 is 0 Å². The molecule has 1 aliphatic rings. The summed E-state index contributed by atoms with van der Waals surface area (Å²) < 4.78 is 34.7. The minimum atomic E-state index is -2.78. The van der Waals surface area contributed by atoms with Crippen molar-refractivity contribution in [2.24, 2.45) is 5.92 Å². The van der Waals surface area contributed by atoms with Crippen LogP contribution >= 0.6 is 0 Å². The van der Waals surface area contributed by atoms with Crippen molar-refractivity contribution in [1.82, 2.24) is 5.32 Å². The molecule has 21 heavy (non-hydrogen) atoms. The first-order chi connectivity index (χ1) is 10.1. The van der Waals surface area contributed by atoms with Crippen LogP contribution in [0.2, 0.25) is 0 Å². The SMILES string of the molecule is Cc1cc(CNCC2CCCOC2)cc(C)c1OC(F)F. The van der Waals surface area contributed by atoms with Crippen LogP contribution in [-0.2, 0) is 11.3 Å². The predicted octanol–water partition coefficient (Wildman–Crippen LogP) is 3.42. The Balaban J connectivity index is 1.88. The van der Waals surface area contributed by atoms with Gasteiger partial charge in [0.15, 0.2) is 0 Å². The molecule has 118 valence electrons. The summed E-state index contributed by atoms with van der Waals surface area (Å²) in [6, 6.07) is 3.80. The first-order valence-electron chi connectivity index (χ1n) is 7.39. The summed E-state index contributed by atoms with van der Waals surface area (Å²) >= 11 is 0. The normalized spacial score (nSPS) is 19.0. The molecule has 1 heterocycles. The van der Waals surface area contributed by atoms with Crippen molar-refractivity contribution >= 4 is 0 Å². The second-order valence-corrected chi connectivity index (χ2v) is 5.65. The molecule has 0 saturated carbocycles. The van der Waals surface area contributed by atoms with Crippen LogP contribution in [0.3, 0.4) is 0 Å². The number of aryl methyl sites for hydroxylation is 2. The summed E-state index contributed by atoms with van der Waals surface area (Å²) in [5.41, 5.74) is 2.57. The second kappa shape index (κ2) is 7.71. The van der Waals surface area contributed by atoms with Gasteiger partial charge >= 0.3 is 6.61 Å². The third-order valence-electron chi connectivity index (χ3n) is 3.74. The predicted molar refractivity (Wildman–Crippen MR) is 77.8 cm³/mol. The molecule has 1 atom stereocenters. The van der Waals surface area contributed by atoms with Crippen molar-refractivity contribution in [2.45, 2.75) is 39.8 Å². The van der Waals surface area contributed by atoms with Gasteiger partial charge in [0.1, 0.15) is 5.75 Å². The van der Waals surface area contributed by atoms with Gasteiger partial charge in [-0.3, -0.25) is 0 Å². The Labute approximate surface area is 124 Å². The number of alkyl halides is 2. The highest BCUT2D eigenvalue weighted by molar-refractivity contribution is 5.43. The fourth-order valence-electron chi connectivity index (χ4n) is 2.81. The Kier molecular flexibility index (Phi) is 5.94. The van der Waals surface area contributed by atoms with Gasteiger partial charge in [-0.25, -0.2) is 0 Å². The minimum Gasteiger partial charge on any atom is -0.434 e. The minimum absolute atomic E-state index is 0.287. The van der Waals surface area contributed by atoms with E-state index in [2.05, 4.69) is 10.1 Å². The highest BCUT2D eigenvalue weighted by Gasteiger charge is 2.14. The van der Waals surface area contributed by atoms with Crippen LogP contribution in [0.15, 0.2) is 12.1 Å². The number of ether oxygens (including phenoxy) is 2. The van der Waals surface area contributed by atoms with Gasteiger partial charge < -0.3 is 14.8 Å². The maximum atomic E-state index is 12.3. The Morgan fingerprint density at radius 2 is 2.05 bits per heavy atom. The molecule has 2 rings (SSSR count). The van der Waals surface area contributed by atoms with Gasteiger partial charge in [0.25, 0.3) is 0 Å². The smallest absolute Gasteiger partial charge is 0.387 e. The molecule has 0 aliphatic carbocycles. The van der Waals surface area contributed by atoms with Gasteiger partial charge in [0.05, 0.1) is 6.61 Å². The van der Waals surface area contributed by atoms with Crippen LogP contribution in [0, 0.1) is 19.8 Å². The average Bonchev–Trinajstić information content (AvgIpc) is 2.44. The molecule has 1 aromatic rings.